The molecule has 99 heavy (non-hydrogen) atoms. The fraction of sp³-hybridized carbons (Fsp3) is 0.950. The largest absolute Gasteiger partial charge is 0.472 e. The normalized spacial score (nSPS) is 13.8. The Balaban J connectivity index is 5.12. The highest BCUT2D eigenvalue weighted by Crippen LogP contribution is 2.45. The van der Waals surface area contributed by atoms with Crippen molar-refractivity contribution in [2.45, 2.75) is 451 Å². The topological polar surface area (TPSA) is 237 Å². The molecule has 0 aromatic carbocycles. The monoisotopic (exact) mass is 1450 g/mol. The maximum Gasteiger partial charge on any atom is 0.472 e. The summed E-state index contributed by atoms with van der Waals surface area (Å²) in [5, 5.41) is 10.6. The molecule has 0 aliphatic carbocycles. The number of esters is 4. The van der Waals surface area contributed by atoms with E-state index in [0.29, 0.717) is 25.7 Å². The highest BCUT2D eigenvalue weighted by molar-refractivity contribution is 7.47. The molecule has 0 saturated carbocycles. The van der Waals surface area contributed by atoms with Gasteiger partial charge in [0.1, 0.15) is 19.3 Å². The Hall–Kier alpha value is -1.94. The van der Waals surface area contributed by atoms with Gasteiger partial charge in [-0.3, -0.25) is 37.3 Å². The zero-order chi connectivity index (χ0) is 72.5. The standard InChI is InChI=1S/C80H156O17P2/c1-5-9-13-17-21-24-27-29-31-33-35-37-39-41-43-45-47-50-53-57-61-65-78(83)91-71-76(97-80(85)67-63-59-55-51-48-46-44-42-40-38-36-34-32-30-28-25-22-18-14-10-6-2)73-95-99(88,89)93-69-74(81)68-92-98(86,87)94-72-75(70-90-77(82)64-60-56-52-20-16-12-8-4)96-79(84)66-62-58-54-49-26-23-19-15-11-7-3/h74-76,81H,5-73H2,1-4H3,(H,86,87)(H,88,89)/t74-,75+,76+/m0/s1. The molecule has 588 valence electrons. The summed E-state index contributed by atoms with van der Waals surface area (Å²) >= 11 is 0. The van der Waals surface area contributed by atoms with E-state index < -0.39 is 97.5 Å². The number of ether oxygens (including phenoxy) is 4. The number of carbonyl (C=O) groups excluding carboxylic acids is 4. The first kappa shape index (κ1) is 97.1. The molecule has 3 N–H and O–H groups in total. The van der Waals surface area contributed by atoms with Crippen molar-refractivity contribution in [3.05, 3.63) is 0 Å². The van der Waals surface area contributed by atoms with E-state index in [4.69, 9.17) is 37.0 Å². The Kier molecular flexibility index (Phi) is 72.9. The molecule has 0 aliphatic rings. The number of phosphoric ester groups is 2. The summed E-state index contributed by atoms with van der Waals surface area (Å²) in [7, 11) is -9.90. The number of aliphatic hydroxyl groups excluding tert-OH is 1. The molecule has 0 fully saturated rings. The second kappa shape index (κ2) is 74.3. The Morgan fingerprint density at radius 2 is 0.404 bits per heavy atom. The van der Waals surface area contributed by atoms with Crippen molar-refractivity contribution in [2.24, 2.45) is 0 Å². The van der Waals surface area contributed by atoms with Gasteiger partial charge in [-0.2, -0.15) is 0 Å². The molecular formula is C80H156O17P2. The van der Waals surface area contributed by atoms with Crippen LogP contribution in [0.2, 0.25) is 0 Å². The Morgan fingerprint density at radius 3 is 0.596 bits per heavy atom. The van der Waals surface area contributed by atoms with Gasteiger partial charge in [-0.1, -0.05) is 381 Å². The van der Waals surface area contributed by atoms with Crippen molar-refractivity contribution in [1.29, 1.82) is 0 Å². The zero-order valence-electron chi connectivity index (χ0n) is 64.5. The molecule has 5 atom stereocenters. The Bertz CT molecular complexity index is 1880. The van der Waals surface area contributed by atoms with Crippen molar-refractivity contribution in [1.82, 2.24) is 0 Å². The first-order valence-corrected chi connectivity index (χ1v) is 44.8. The van der Waals surface area contributed by atoms with Crippen molar-refractivity contribution in [3.8, 4) is 0 Å². The van der Waals surface area contributed by atoms with Crippen LogP contribution in [0.4, 0.5) is 0 Å². The second-order valence-electron chi connectivity index (χ2n) is 28.8. The molecule has 0 spiro atoms. The molecule has 0 aliphatic heterocycles. The molecule has 0 rings (SSSR count). The van der Waals surface area contributed by atoms with E-state index in [-0.39, 0.29) is 25.7 Å². The van der Waals surface area contributed by atoms with Crippen molar-refractivity contribution >= 4 is 39.5 Å². The number of rotatable bonds is 81. The van der Waals surface area contributed by atoms with Crippen LogP contribution in [-0.2, 0) is 65.4 Å². The number of hydrogen-bond donors (Lipinski definition) is 3. The van der Waals surface area contributed by atoms with Gasteiger partial charge in [0, 0.05) is 25.7 Å². The average molecular weight is 1450 g/mol. The molecule has 0 radical (unpaired) electrons. The minimum atomic E-state index is -4.96. The Morgan fingerprint density at radius 1 is 0.242 bits per heavy atom. The zero-order valence-corrected chi connectivity index (χ0v) is 66.3. The summed E-state index contributed by atoms with van der Waals surface area (Å²) in [5.74, 6) is -2.11. The predicted molar refractivity (Wildman–Crippen MR) is 405 cm³/mol. The lowest BCUT2D eigenvalue weighted by Crippen LogP contribution is -2.30. The van der Waals surface area contributed by atoms with Gasteiger partial charge in [-0.05, 0) is 25.7 Å². The first-order valence-electron chi connectivity index (χ1n) is 41.8. The third-order valence-electron chi connectivity index (χ3n) is 18.9. The summed E-state index contributed by atoms with van der Waals surface area (Å²) in [4.78, 5) is 72.7. The summed E-state index contributed by atoms with van der Waals surface area (Å²) in [6, 6.07) is 0. The molecule has 17 nitrogen and oxygen atoms in total. The maximum absolute atomic E-state index is 13.1. The third-order valence-corrected chi connectivity index (χ3v) is 20.8. The molecule has 0 saturated heterocycles. The van der Waals surface area contributed by atoms with E-state index in [9.17, 15) is 43.2 Å². The van der Waals surface area contributed by atoms with Gasteiger partial charge in [0.05, 0.1) is 26.4 Å². The van der Waals surface area contributed by atoms with Gasteiger partial charge < -0.3 is 33.8 Å². The molecule has 19 heteroatoms. The van der Waals surface area contributed by atoms with Crippen LogP contribution < -0.4 is 0 Å². The van der Waals surface area contributed by atoms with Gasteiger partial charge >= 0.3 is 39.5 Å². The summed E-state index contributed by atoms with van der Waals surface area (Å²) in [6.45, 7) is 4.95. The molecule has 0 aromatic rings. The predicted octanol–water partition coefficient (Wildman–Crippen LogP) is 24.2. The summed E-state index contributed by atoms with van der Waals surface area (Å²) in [5.41, 5.74) is 0. The van der Waals surface area contributed by atoms with E-state index >= 15 is 0 Å². The van der Waals surface area contributed by atoms with Crippen LogP contribution in [0.3, 0.4) is 0 Å². The molecule has 2 unspecified atom stereocenters. The second-order valence-corrected chi connectivity index (χ2v) is 31.7. The van der Waals surface area contributed by atoms with Crippen LogP contribution >= 0.6 is 15.6 Å². The highest BCUT2D eigenvalue weighted by Gasteiger charge is 2.30. The van der Waals surface area contributed by atoms with Crippen LogP contribution in [0.5, 0.6) is 0 Å². The third kappa shape index (κ3) is 74.1. The van der Waals surface area contributed by atoms with Gasteiger partial charge in [-0.25, -0.2) is 9.13 Å². The average Bonchev–Trinajstić information content (AvgIpc) is 0.985. The van der Waals surface area contributed by atoms with E-state index in [0.717, 1.165) is 103 Å². The van der Waals surface area contributed by atoms with E-state index in [1.807, 2.05) is 0 Å². The van der Waals surface area contributed by atoms with Gasteiger partial charge in [0.2, 0.25) is 0 Å². The fourth-order valence-electron chi connectivity index (χ4n) is 12.5. The number of unbranched alkanes of at least 4 members (excludes halogenated alkanes) is 55. The van der Waals surface area contributed by atoms with Crippen LogP contribution in [0, 0.1) is 0 Å². The Labute approximate surface area is 607 Å². The molecule has 0 amide bonds. The lowest BCUT2D eigenvalue weighted by Gasteiger charge is -2.21. The number of phosphoric acid groups is 2. The van der Waals surface area contributed by atoms with Gasteiger partial charge in [0.15, 0.2) is 12.2 Å². The van der Waals surface area contributed by atoms with Crippen molar-refractivity contribution < 1.29 is 80.2 Å². The molecule has 0 bridgehead atoms. The van der Waals surface area contributed by atoms with Gasteiger partial charge in [-0.15, -0.1) is 0 Å². The van der Waals surface area contributed by atoms with Crippen molar-refractivity contribution in [3.63, 3.8) is 0 Å². The molecular weight excluding hydrogens is 1290 g/mol. The smallest absolute Gasteiger partial charge is 0.462 e. The minimum absolute atomic E-state index is 0.107. The lowest BCUT2D eigenvalue weighted by molar-refractivity contribution is -0.161. The quantitative estimate of drug-likeness (QED) is 0.0222. The van der Waals surface area contributed by atoms with Crippen LogP contribution in [-0.4, -0.2) is 96.7 Å². The van der Waals surface area contributed by atoms with Gasteiger partial charge in [0.25, 0.3) is 0 Å². The molecule has 0 aromatic heterocycles. The molecule has 0 heterocycles. The first-order chi connectivity index (χ1) is 48.2. The van der Waals surface area contributed by atoms with E-state index in [2.05, 4.69) is 27.7 Å². The summed E-state index contributed by atoms with van der Waals surface area (Å²) in [6.07, 6.45) is 67.1. The minimum Gasteiger partial charge on any atom is -0.462 e. The number of hydrogen-bond acceptors (Lipinski definition) is 15. The maximum atomic E-state index is 13.1. The van der Waals surface area contributed by atoms with E-state index in [1.165, 1.54) is 250 Å². The van der Waals surface area contributed by atoms with Crippen LogP contribution in [0.15, 0.2) is 0 Å². The summed E-state index contributed by atoms with van der Waals surface area (Å²) < 4.78 is 68.5. The number of carbonyl (C=O) groups is 4. The van der Waals surface area contributed by atoms with Crippen LogP contribution in [0.25, 0.3) is 0 Å². The van der Waals surface area contributed by atoms with E-state index in [1.54, 1.807) is 0 Å². The van der Waals surface area contributed by atoms with Crippen molar-refractivity contribution in [2.75, 3.05) is 39.6 Å². The SMILES string of the molecule is CCCCCCCCCCCCCCCCCCCCCCCC(=O)OC[C@H](COP(=O)(O)OC[C@@H](O)COP(=O)(O)OC[C@@H](COC(=O)CCCCCCCCC)OC(=O)CCCCCCCCCCCC)OC(=O)CCCCCCCCCCCCCCCCCCCCCCC. The number of aliphatic hydroxyl groups is 1. The van der Waals surface area contributed by atoms with Crippen LogP contribution in [0.1, 0.15) is 432 Å². The lowest BCUT2D eigenvalue weighted by atomic mass is 10.0. The fourth-order valence-corrected chi connectivity index (χ4v) is 14.0. The highest BCUT2D eigenvalue weighted by atomic mass is 31.2.